The molecule has 0 unspecified atom stereocenters. The van der Waals surface area contributed by atoms with E-state index in [1.165, 1.54) is 36.9 Å². The molecule has 0 bridgehead atoms. The monoisotopic (exact) mass is 189 g/mol. The first-order valence-electron chi connectivity index (χ1n) is 5.74. The van der Waals surface area contributed by atoms with Gasteiger partial charge in [0.1, 0.15) is 0 Å². The predicted octanol–water partition coefficient (Wildman–Crippen LogP) is 3.60. The number of nitrogens with one attached hydrogen (secondary N) is 1. The van der Waals surface area contributed by atoms with Gasteiger partial charge >= 0.3 is 0 Å². The second-order valence-corrected chi connectivity index (χ2v) is 4.18. The highest BCUT2D eigenvalue weighted by Gasteiger charge is 2.13. The summed E-state index contributed by atoms with van der Waals surface area (Å²) in [5.74, 6) is 0. The lowest BCUT2D eigenvalue weighted by molar-refractivity contribution is 0.755. The van der Waals surface area contributed by atoms with Crippen LogP contribution in [0, 0.1) is 0 Å². The minimum absolute atomic E-state index is 0.724. The Labute approximate surface area is 86.5 Å². The molecule has 1 aliphatic rings. The van der Waals surface area contributed by atoms with Crippen LogP contribution in [0.4, 0.5) is 5.69 Å². The molecule has 0 radical (unpaired) electrons. The maximum Gasteiger partial charge on any atom is 0.0345 e. The van der Waals surface area contributed by atoms with Crippen LogP contribution in [0.2, 0.25) is 0 Å². The van der Waals surface area contributed by atoms with E-state index in [1.807, 2.05) is 0 Å². The first-order chi connectivity index (χ1) is 6.88. The van der Waals surface area contributed by atoms with Gasteiger partial charge in [0.2, 0.25) is 0 Å². The van der Waals surface area contributed by atoms with Crippen LogP contribution in [0.3, 0.4) is 0 Å². The normalized spacial score (nSPS) is 17.2. The summed E-state index contributed by atoms with van der Waals surface area (Å²) >= 11 is 0. The highest BCUT2D eigenvalue weighted by atomic mass is 14.9. The van der Waals surface area contributed by atoms with E-state index < -0.39 is 0 Å². The zero-order valence-electron chi connectivity index (χ0n) is 8.92. The second kappa shape index (κ2) is 4.50. The van der Waals surface area contributed by atoms with E-state index in [2.05, 4.69) is 36.5 Å². The van der Waals surface area contributed by atoms with Crippen LogP contribution in [0.15, 0.2) is 24.3 Å². The Morgan fingerprint density at radius 1 is 1.29 bits per heavy atom. The summed E-state index contributed by atoms with van der Waals surface area (Å²) in [4.78, 5) is 0. The third-order valence-corrected chi connectivity index (χ3v) is 3.06. The van der Waals surface area contributed by atoms with Crippen molar-refractivity contribution in [3.05, 3.63) is 29.8 Å². The first-order valence-corrected chi connectivity index (χ1v) is 5.74. The molecule has 0 aliphatic heterocycles. The van der Waals surface area contributed by atoms with Gasteiger partial charge in [-0.05, 0) is 37.0 Å². The van der Waals surface area contributed by atoms with Gasteiger partial charge in [-0.1, -0.05) is 31.9 Å². The fourth-order valence-corrected chi connectivity index (χ4v) is 2.19. The lowest BCUT2D eigenvalue weighted by Gasteiger charge is -2.13. The lowest BCUT2D eigenvalue weighted by Crippen LogP contribution is -2.14. The minimum atomic E-state index is 0.724. The van der Waals surface area contributed by atoms with E-state index >= 15 is 0 Å². The molecule has 0 saturated heterocycles. The van der Waals surface area contributed by atoms with Gasteiger partial charge in [-0.3, -0.25) is 0 Å². The minimum Gasteiger partial charge on any atom is -0.382 e. The van der Waals surface area contributed by atoms with E-state index in [0.29, 0.717) is 0 Å². The summed E-state index contributed by atoms with van der Waals surface area (Å²) in [6.45, 7) is 2.20. The van der Waals surface area contributed by atoms with E-state index in [1.54, 1.807) is 0 Å². The molecule has 2 rings (SSSR count). The molecule has 14 heavy (non-hydrogen) atoms. The SMILES string of the molecule is CCc1cccc(NC2CCCC2)c1. The molecule has 76 valence electrons. The van der Waals surface area contributed by atoms with Crippen LogP contribution >= 0.6 is 0 Å². The molecule has 1 N–H and O–H groups in total. The van der Waals surface area contributed by atoms with Gasteiger partial charge in [-0.15, -0.1) is 0 Å². The van der Waals surface area contributed by atoms with Crippen LogP contribution in [-0.2, 0) is 6.42 Å². The van der Waals surface area contributed by atoms with Crippen LogP contribution < -0.4 is 5.32 Å². The summed E-state index contributed by atoms with van der Waals surface area (Å²) in [5, 5.41) is 3.62. The Hall–Kier alpha value is -0.980. The van der Waals surface area contributed by atoms with Gasteiger partial charge in [0.25, 0.3) is 0 Å². The number of rotatable bonds is 3. The highest BCUT2D eigenvalue weighted by Crippen LogP contribution is 2.22. The van der Waals surface area contributed by atoms with Crippen molar-refractivity contribution < 1.29 is 0 Å². The van der Waals surface area contributed by atoms with Crippen molar-refractivity contribution in [3.8, 4) is 0 Å². The molecule has 1 fully saturated rings. The van der Waals surface area contributed by atoms with Gasteiger partial charge in [-0.2, -0.15) is 0 Å². The Morgan fingerprint density at radius 2 is 2.07 bits per heavy atom. The maximum atomic E-state index is 3.62. The first kappa shape index (κ1) is 9.57. The van der Waals surface area contributed by atoms with Crippen molar-refractivity contribution in [2.24, 2.45) is 0 Å². The average Bonchev–Trinajstić information content (AvgIpc) is 2.71. The summed E-state index contributed by atoms with van der Waals surface area (Å²) in [6.07, 6.45) is 6.60. The largest absolute Gasteiger partial charge is 0.382 e. The van der Waals surface area contributed by atoms with E-state index in [9.17, 15) is 0 Å². The Morgan fingerprint density at radius 3 is 2.79 bits per heavy atom. The molecule has 1 aliphatic carbocycles. The smallest absolute Gasteiger partial charge is 0.0345 e. The van der Waals surface area contributed by atoms with Crippen molar-refractivity contribution in [1.82, 2.24) is 0 Å². The molecule has 1 aromatic carbocycles. The van der Waals surface area contributed by atoms with Gasteiger partial charge < -0.3 is 5.32 Å². The standard InChI is InChI=1S/C13H19N/c1-2-11-6-5-9-13(10-11)14-12-7-3-4-8-12/h5-6,9-10,12,14H,2-4,7-8H2,1H3. The quantitative estimate of drug-likeness (QED) is 0.766. The number of benzene rings is 1. The van der Waals surface area contributed by atoms with Crippen molar-refractivity contribution in [1.29, 1.82) is 0 Å². The van der Waals surface area contributed by atoms with Crippen molar-refractivity contribution >= 4 is 5.69 Å². The number of aryl methyl sites for hydroxylation is 1. The van der Waals surface area contributed by atoms with Crippen LogP contribution in [0.5, 0.6) is 0 Å². The van der Waals surface area contributed by atoms with Crippen molar-refractivity contribution in [2.75, 3.05) is 5.32 Å². The third kappa shape index (κ3) is 2.28. The molecular weight excluding hydrogens is 170 g/mol. The molecule has 0 heterocycles. The van der Waals surface area contributed by atoms with Gasteiger partial charge in [0.05, 0.1) is 0 Å². The van der Waals surface area contributed by atoms with Crippen LogP contribution in [0.1, 0.15) is 38.2 Å². The van der Waals surface area contributed by atoms with E-state index in [4.69, 9.17) is 0 Å². The van der Waals surface area contributed by atoms with Crippen LogP contribution in [-0.4, -0.2) is 6.04 Å². The Kier molecular flexibility index (Phi) is 3.07. The van der Waals surface area contributed by atoms with Crippen molar-refractivity contribution in [3.63, 3.8) is 0 Å². The van der Waals surface area contributed by atoms with E-state index in [-0.39, 0.29) is 0 Å². The maximum absolute atomic E-state index is 3.62. The number of hydrogen-bond donors (Lipinski definition) is 1. The molecule has 1 saturated carbocycles. The molecule has 1 heteroatoms. The Balaban J connectivity index is 2.00. The topological polar surface area (TPSA) is 12.0 Å². The summed E-state index contributed by atoms with van der Waals surface area (Å²) < 4.78 is 0. The van der Waals surface area contributed by atoms with E-state index in [0.717, 1.165) is 12.5 Å². The second-order valence-electron chi connectivity index (χ2n) is 4.18. The summed E-state index contributed by atoms with van der Waals surface area (Å²) in [5.41, 5.74) is 2.73. The van der Waals surface area contributed by atoms with Gasteiger partial charge in [0, 0.05) is 11.7 Å². The fourth-order valence-electron chi connectivity index (χ4n) is 2.19. The predicted molar refractivity (Wildman–Crippen MR) is 61.7 cm³/mol. The molecule has 1 nitrogen and oxygen atoms in total. The Bertz CT molecular complexity index is 287. The average molecular weight is 189 g/mol. The molecule has 0 atom stereocenters. The van der Waals surface area contributed by atoms with Gasteiger partial charge in [0.15, 0.2) is 0 Å². The molecule has 0 amide bonds. The lowest BCUT2D eigenvalue weighted by atomic mass is 10.1. The molecule has 0 spiro atoms. The fraction of sp³-hybridized carbons (Fsp3) is 0.538. The zero-order chi connectivity index (χ0) is 9.80. The molecule has 1 aromatic rings. The van der Waals surface area contributed by atoms with Gasteiger partial charge in [-0.25, -0.2) is 0 Å². The number of hydrogen-bond acceptors (Lipinski definition) is 1. The summed E-state index contributed by atoms with van der Waals surface area (Å²) in [6, 6.07) is 9.52. The summed E-state index contributed by atoms with van der Waals surface area (Å²) in [7, 11) is 0. The number of anilines is 1. The zero-order valence-corrected chi connectivity index (χ0v) is 8.92. The molecule has 0 aromatic heterocycles. The van der Waals surface area contributed by atoms with Crippen molar-refractivity contribution in [2.45, 2.75) is 45.1 Å². The molecular formula is C13H19N. The highest BCUT2D eigenvalue weighted by molar-refractivity contribution is 5.46. The van der Waals surface area contributed by atoms with Crippen LogP contribution in [0.25, 0.3) is 0 Å². The third-order valence-electron chi connectivity index (χ3n) is 3.06.